The van der Waals surface area contributed by atoms with Crippen LogP contribution in [0.5, 0.6) is 0 Å². The molecular weight excluding hydrogens is 274 g/mol. The maximum atomic E-state index is 10.7. The van der Waals surface area contributed by atoms with Crippen LogP contribution in [0.1, 0.15) is 23.9 Å². The second-order valence-corrected chi connectivity index (χ2v) is 5.50. The van der Waals surface area contributed by atoms with E-state index in [2.05, 4.69) is 16.3 Å². The van der Waals surface area contributed by atoms with Gasteiger partial charge in [-0.1, -0.05) is 36.4 Å². The Morgan fingerprint density at radius 3 is 2.70 bits per heavy atom. The van der Waals surface area contributed by atoms with Gasteiger partial charge in [-0.15, -0.1) is 10.2 Å². The fourth-order valence-electron chi connectivity index (χ4n) is 2.05. The van der Waals surface area contributed by atoms with Crippen molar-refractivity contribution in [3.8, 4) is 5.69 Å². The van der Waals surface area contributed by atoms with Crippen LogP contribution in [0.15, 0.2) is 23.4 Å². The van der Waals surface area contributed by atoms with E-state index in [4.69, 9.17) is 5.11 Å². The molecule has 0 bridgehead atoms. The molecule has 0 saturated carbocycles. The number of hydrogen-bond acceptors (Lipinski definition) is 4. The van der Waals surface area contributed by atoms with E-state index in [1.54, 1.807) is 0 Å². The van der Waals surface area contributed by atoms with Crippen LogP contribution in [-0.4, -0.2) is 31.6 Å². The third kappa shape index (κ3) is 3.01. The molecule has 0 spiro atoms. The highest BCUT2D eigenvalue weighted by atomic mass is 32.2. The number of aliphatic carboxylic acids is 1. The van der Waals surface area contributed by atoms with Crippen molar-refractivity contribution in [2.75, 3.05) is 5.75 Å². The number of thioether (sulfide) groups is 1. The number of aryl methyl sites for hydroxylation is 3. The van der Waals surface area contributed by atoms with Gasteiger partial charge >= 0.3 is 5.97 Å². The van der Waals surface area contributed by atoms with Gasteiger partial charge in [0.15, 0.2) is 5.16 Å². The van der Waals surface area contributed by atoms with Crippen LogP contribution in [-0.2, 0) is 11.2 Å². The van der Waals surface area contributed by atoms with Crippen molar-refractivity contribution >= 4 is 17.7 Å². The highest BCUT2D eigenvalue weighted by molar-refractivity contribution is 7.99. The molecule has 0 atom stereocenters. The van der Waals surface area contributed by atoms with Gasteiger partial charge < -0.3 is 5.11 Å². The largest absolute Gasteiger partial charge is 0.481 e. The highest BCUT2D eigenvalue weighted by Crippen LogP contribution is 2.25. The maximum absolute atomic E-state index is 10.7. The fourth-order valence-corrected chi connectivity index (χ4v) is 2.73. The summed E-state index contributed by atoms with van der Waals surface area (Å²) in [5.74, 6) is -0.0414. The third-order valence-corrected chi connectivity index (χ3v) is 3.85. The minimum atomic E-state index is -0.858. The Kier molecular flexibility index (Phi) is 4.44. The number of aromatic nitrogens is 3. The molecular formula is C14H17N3O2S. The molecule has 5 nitrogen and oxygen atoms in total. The molecule has 20 heavy (non-hydrogen) atoms. The number of carbonyl (C=O) groups is 1. The van der Waals surface area contributed by atoms with Gasteiger partial charge in [0.05, 0.1) is 11.4 Å². The third-order valence-electron chi connectivity index (χ3n) is 2.93. The smallest absolute Gasteiger partial charge is 0.313 e. The number of benzene rings is 1. The molecule has 0 fully saturated rings. The molecule has 1 N–H and O–H groups in total. The molecule has 0 unspecified atom stereocenters. The Morgan fingerprint density at radius 2 is 2.10 bits per heavy atom. The maximum Gasteiger partial charge on any atom is 0.313 e. The van der Waals surface area contributed by atoms with Crippen molar-refractivity contribution in [2.24, 2.45) is 0 Å². The van der Waals surface area contributed by atoms with Gasteiger partial charge in [-0.2, -0.15) is 0 Å². The summed E-state index contributed by atoms with van der Waals surface area (Å²) >= 11 is 1.19. The number of nitrogens with zero attached hydrogens (tertiary/aromatic N) is 3. The Hall–Kier alpha value is -1.82. The van der Waals surface area contributed by atoms with Crippen molar-refractivity contribution in [1.29, 1.82) is 0 Å². The molecule has 1 aromatic carbocycles. The molecule has 1 heterocycles. The molecule has 0 aliphatic carbocycles. The van der Waals surface area contributed by atoms with E-state index < -0.39 is 5.97 Å². The minimum absolute atomic E-state index is 0.0211. The number of carboxylic acids is 1. The lowest BCUT2D eigenvalue weighted by atomic mass is 10.1. The summed E-state index contributed by atoms with van der Waals surface area (Å²) in [5, 5.41) is 17.7. The van der Waals surface area contributed by atoms with E-state index in [9.17, 15) is 4.79 Å². The summed E-state index contributed by atoms with van der Waals surface area (Å²) in [5.41, 5.74) is 3.32. The van der Waals surface area contributed by atoms with Crippen molar-refractivity contribution in [3.05, 3.63) is 35.2 Å². The van der Waals surface area contributed by atoms with Crippen LogP contribution in [0.25, 0.3) is 5.69 Å². The predicted octanol–water partition coefficient (Wildman–Crippen LogP) is 2.62. The number of rotatable bonds is 5. The second-order valence-electron chi connectivity index (χ2n) is 4.56. The van der Waals surface area contributed by atoms with Gasteiger partial charge in [0.2, 0.25) is 0 Å². The number of hydrogen-bond donors (Lipinski definition) is 1. The summed E-state index contributed by atoms with van der Waals surface area (Å²) < 4.78 is 1.95. The first-order valence-electron chi connectivity index (χ1n) is 6.39. The van der Waals surface area contributed by atoms with Crippen molar-refractivity contribution in [1.82, 2.24) is 14.8 Å². The molecule has 6 heteroatoms. The van der Waals surface area contributed by atoms with Crippen LogP contribution in [0.4, 0.5) is 0 Å². The van der Waals surface area contributed by atoms with Crippen molar-refractivity contribution in [2.45, 2.75) is 32.3 Å². The average Bonchev–Trinajstić information content (AvgIpc) is 2.79. The minimum Gasteiger partial charge on any atom is -0.481 e. The van der Waals surface area contributed by atoms with Crippen LogP contribution < -0.4 is 0 Å². The summed E-state index contributed by atoms with van der Waals surface area (Å²) in [6, 6.07) is 6.16. The lowest BCUT2D eigenvalue weighted by Gasteiger charge is -2.12. The molecule has 106 valence electrons. The Balaban J connectivity index is 2.47. The van der Waals surface area contributed by atoms with Crippen LogP contribution in [0.2, 0.25) is 0 Å². The molecule has 0 amide bonds. The lowest BCUT2D eigenvalue weighted by Crippen LogP contribution is -2.06. The molecule has 0 saturated heterocycles. The Morgan fingerprint density at radius 1 is 1.35 bits per heavy atom. The van der Waals surface area contributed by atoms with Crippen LogP contribution in [0, 0.1) is 13.8 Å². The van der Waals surface area contributed by atoms with E-state index in [0.29, 0.717) is 5.16 Å². The summed E-state index contributed by atoms with van der Waals surface area (Å²) in [6.07, 6.45) is 0.744. The first-order valence-corrected chi connectivity index (χ1v) is 7.38. The first kappa shape index (κ1) is 14.6. The van der Waals surface area contributed by atoms with Gasteiger partial charge in [0.25, 0.3) is 0 Å². The zero-order valence-electron chi connectivity index (χ0n) is 11.8. The normalized spacial score (nSPS) is 10.8. The van der Waals surface area contributed by atoms with Gasteiger partial charge in [0, 0.05) is 6.42 Å². The van der Waals surface area contributed by atoms with Crippen LogP contribution >= 0.6 is 11.8 Å². The highest BCUT2D eigenvalue weighted by Gasteiger charge is 2.15. The summed E-state index contributed by atoms with van der Waals surface area (Å²) in [4.78, 5) is 10.7. The lowest BCUT2D eigenvalue weighted by molar-refractivity contribution is -0.133. The van der Waals surface area contributed by atoms with Crippen molar-refractivity contribution in [3.63, 3.8) is 0 Å². The zero-order valence-corrected chi connectivity index (χ0v) is 12.6. The summed E-state index contributed by atoms with van der Waals surface area (Å²) in [6.45, 7) is 6.09. The number of carboxylic acid groups (broad SMARTS) is 1. The Labute approximate surface area is 122 Å². The average molecular weight is 291 g/mol. The topological polar surface area (TPSA) is 68.0 Å². The van der Waals surface area contributed by atoms with Gasteiger partial charge in [-0.3, -0.25) is 9.36 Å². The van der Waals surface area contributed by atoms with E-state index in [0.717, 1.165) is 23.5 Å². The Bertz CT molecular complexity index is 637. The second kappa shape index (κ2) is 6.09. The van der Waals surface area contributed by atoms with E-state index in [1.807, 2.05) is 37.5 Å². The van der Waals surface area contributed by atoms with E-state index in [-0.39, 0.29) is 5.75 Å². The molecule has 1 aromatic heterocycles. The van der Waals surface area contributed by atoms with E-state index in [1.165, 1.54) is 17.3 Å². The van der Waals surface area contributed by atoms with E-state index >= 15 is 0 Å². The van der Waals surface area contributed by atoms with Crippen LogP contribution in [0.3, 0.4) is 0 Å². The van der Waals surface area contributed by atoms with Gasteiger partial charge in [-0.25, -0.2) is 0 Å². The van der Waals surface area contributed by atoms with Gasteiger partial charge in [0.1, 0.15) is 5.82 Å². The quantitative estimate of drug-likeness (QED) is 0.858. The molecule has 0 aliphatic rings. The van der Waals surface area contributed by atoms with Gasteiger partial charge in [-0.05, 0) is 25.5 Å². The standard InChI is InChI=1S/C14H17N3O2S/c1-4-12-15-16-14(20-8-13(18)19)17(12)11-6-5-9(2)7-10(11)3/h5-7H,4,8H2,1-3H3,(H,18,19). The SMILES string of the molecule is CCc1nnc(SCC(=O)O)n1-c1ccc(C)cc1C. The molecule has 0 radical (unpaired) electrons. The predicted molar refractivity (Wildman–Crippen MR) is 78.6 cm³/mol. The molecule has 0 aliphatic heterocycles. The first-order chi connectivity index (χ1) is 9.52. The fraction of sp³-hybridized carbons (Fsp3) is 0.357. The monoisotopic (exact) mass is 291 g/mol. The summed E-state index contributed by atoms with van der Waals surface area (Å²) in [7, 11) is 0. The van der Waals surface area contributed by atoms with Crippen molar-refractivity contribution < 1.29 is 9.90 Å². The molecule has 2 rings (SSSR count). The zero-order chi connectivity index (χ0) is 14.7. The molecule has 2 aromatic rings.